The van der Waals surface area contributed by atoms with Gasteiger partial charge in [-0.2, -0.15) is 0 Å². The maximum absolute atomic E-state index is 8.56. The van der Waals surface area contributed by atoms with Gasteiger partial charge in [-0.15, -0.1) is 0 Å². The highest BCUT2D eigenvalue weighted by atomic mass is 16.6. The average Bonchev–Trinajstić information content (AvgIpc) is 2.32. The van der Waals surface area contributed by atoms with Gasteiger partial charge in [-0.25, -0.2) is 4.79 Å². The molecule has 2 N–H and O–H groups in total. The standard InChI is InChI=1S/C7H14N2.CH2O3/c1-4-9-6-5-8(3)7(9)2;2-1(3)4/h5-7H,4H2,1-3H3;(H2,2,3,4). The molecule has 1 aliphatic rings. The van der Waals surface area contributed by atoms with Crippen molar-refractivity contribution in [3.8, 4) is 0 Å². The number of carbonyl (C=O) groups is 1. The Morgan fingerprint density at radius 1 is 1.46 bits per heavy atom. The molecule has 0 aliphatic carbocycles. The molecule has 1 aliphatic heterocycles. The highest BCUT2D eigenvalue weighted by molar-refractivity contribution is 5.53. The highest BCUT2D eigenvalue weighted by Crippen LogP contribution is 2.11. The third-order valence-corrected chi connectivity index (χ3v) is 1.93. The van der Waals surface area contributed by atoms with E-state index in [1.165, 1.54) is 0 Å². The zero-order valence-electron chi connectivity index (χ0n) is 8.14. The second-order valence-corrected chi connectivity index (χ2v) is 2.71. The van der Waals surface area contributed by atoms with Crippen molar-refractivity contribution >= 4 is 6.16 Å². The van der Waals surface area contributed by atoms with Gasteiger partial charge in [-0.1, -0.05) is 0 Å². The van der Waals surface area contributed by atoms with Crippen molar-refractivity contribution in [2.45, 2.75) is 20.0 Å². The molecule has 1 heterocycles. The molecular formula is C8H16N2O3. The number of carboxylic acid groups (broad SMARTS) is 2. The van der Waals surface area contributed by atoms with Crippen molar-refractivity contribution in [2.75, 3.05) is 13.6 Å². The monoisotopic (exact) mass is 188 g/mol. The van der Waals surface area contributed by atoms with E-state index in [2.05, 4.69) is 43.1 Å². The van der Waals surface area contributed by atoms with E-state index in [-0.39, 0.29) is 0 Å². The lowest BCUT2D eigenvalue weighted by molar-refractivity contribution is 0.137. The second kappa shape index (κ2) is 5.29. The predicted molar refractivity (Wildman–Crippen MR) is 49.4 cm³/mol. The lowest BCUT2D eigenvalue weighted by atomic mass is 10.5. The minimum absolute atomic E-state index is 0.551. The molecule has 0 fully saturated rings. The molecule has 0 amide bonds. The van der Waals surface area contributed by atoms with Gasteiger partial charge in [0.1, 0.15) is 0 Å². The summed E-state index contributed by atoms with van der Waals surface area (Å²) >= 11 is 0. The molecule has 0 spiro atoms. The van der Waals surface area contributed by atoms with Crippen molar-refractivity contribution in [3.63, 3.8) is 0 Å². The molecule has 76 valence electrons. The van der Waals surface area contributed by atoms with Crippen LogP contribution >= 0.6 is 0 Å². The van der Waals surface area contributed by atoms with Gasteiger partial charge >= 0.3 is 6.16 Å². The van der Waals surface area contributed by atoms with Crippen LogP contribution in [0, 0.1) is 0 Å². The third-order valence-electron chi connectivity index (χ3n) is 1.93. The molecule has 0 bridgehead atoms. The zero-order valence-corrected chi connectivity index (χ0v) is 8.14. The fourth-order valence-corrected chi connectivity index (χ4v) is 1.04. The first-order chi connectivity index (χ1) is 5.99. The average molecular weight is 188 g/mol. The molecule has 5 nitrogen and oxygen atoms in total. The molecular weight excluding hydrogens is 172 g/mol. The summed E-state index contributed by atoms with van der Waals surface area (Å²) in [7, 11) is 2.09. The first-order valence-electron chi connectivity index (χ1n) is 4.07. The van der Waals surface area contributed by atoms with Crippen LogP contribution in [0.1, 0.15) is 13.8 Å². The van der Waals surface area contributed by atoms with Crippen LogP contribution in [0.4, 0.5) is 4.79 Å². The lowest BCUT2D eigenvalue weighted by Gasteiger charge is -2.25. The van der Waals surface area contributed by atoms with Crippen LogP contribution in [-0.2, 0) is 0 Å². The summed E-state index contributed by atoms with van der Waals surface area (Å²) in [6, 6.07) is 0. The fraction of sp³-hybridized carbons (Fsp3) is 0.625. The molecule has 0 aromatic heterocycles. The van der Waals surface area contributed by atoms with E-state index < -0.39 is 6.16 Å². The number of hydrogen-bond donors (Lipinski definition) is 2. The normalized spacial score (nSPS) is 19.8. The molecule has 1 atom stereocenters. The quantitative estimate of drug-likeness (QED) is 0.649. The third kappa shape index (κ3) is 4.25. The van der Waals surface area contributed by atoms with Crippen molar-refractivity contribution in [1.29, 1.82) is 0 Å². The Morgan fingerprint density at radius 2 is 1.92 bits per heavy atom. The van der Waals surface area contributed by atoms with E-state index in [1.54, 1.807) is 0 Å². The number of rotatable bonds is 1. The first kappa shape index (κ1) is 11.6. The summed E-state index contributed by atoms with van der Waals surface area (Å²) in [5.41, 5.74) is 0. The Labute approximate surface area is 77.9 Å². The van der Waals surface area contributed by atoms with Gasteiger partial charge in [0.25, 0.3) is 0 Å². The largest absolute Gasteiger partial charge is 0.503 e. The molecule has 0 saturated heterocycles. The predicted octanol–water partition coefficient (Wildman–Crippen LogP) is 1.29. The van der Waals surface area contributed by atoms with E-state index in [1.807, 2.05) is 0 Å². The second-order valence-electron chi connectivity index (χ2n) is 2.71. The summed E-state index contributed by atoms with van der Waals surface area (Å²) in [6.45, 7) is 5.46. The summed E-state index contributed by atoms with van der Waals surface area (Å²) in [4.78, 5) is 13.0. The van der Waals surface area contributed by atoms with Crippen LogP contribution in [0.3, 0.4) is 0 Å². The minimum Gasteiger partial charge on any atom is -0.450 e. The van der Waals surface area contributed by atoms with Gasteiger partial charge < -0.3 is 20.0 Å². The maximum Gasteiger partial charge on any atom is 0.503 e. The van der Waals surface area contributed by atoms with Crippen LogP contribution in [0.2, 0.25) is 0 Å². The Bertz CT molecular complexity index is 190. The molecule has 0 radical (unpaired) electrons. The molecule has 0 saturated carbocycles. The Hall–Kier alpha value is -1.39. The Balaban J connectivity index is 0.000000310. The topological polar surface area (TPSA) is 64.0 Å². The summed E-state index contributed by atoms with van der Waals surface area (Å²) in [5.74, 6) is 0. The van der Waals surface area contributed by atoms with E-state index in [0.717, 1.165) is 6.54 Å². The van der Waals surface area contributed by atoms with Gasteiger partial charge in [-0.3, -0.25) is 0 Å². The smallest absolute Gasteiger partial charge is 0.450 e. The van der Waals surface area contributed by atoms with E-state index in [4.69, 9.17) is 15.0 Å². The first-order valence-corrected chi connectivity index (χ1v) is 4.07. The fourth-order valence-electron chi connectivity index (χ4n) is 1.04. The van der Waals surface area contributed by atoms with Crippen LogP contribution in [0.25, 0.3) is 0 Å². The van der Waals surface area contributed by atoms with Crippen molar-refractivity contribution in [3.05, 3.63) is 12.4 Å². The Morgan fingerprint density at radius 3 is 2.08 bits per heavy atom. The van der Waals surface area contributed by atoms with Gasteiger partial charge in [-0.05, 0) is 13.8 Å². The van der Waals surface area contributed by atoms with Gasteiger partial charge in [0.2, 0.25) is 0 Å². The Kier molecular flexibility index (Phi) is 4.72. The van der Waals surface area contributed by atoms with E-state index >= 15 is 0 Å². The van der Waals surface area contributed by atoms with E-state index in [0.29, 0.717) is 6.17 Å². The van der Waals surface area contributed by atoms with Gasteiger partial charge in [0.15, 0.2) is 0 Å². The summed E-state index contributed by atoms with van der Waals surface area (Å²) in [6.07, 6.45) is 2.95. The van der Waals surface area contributed by atoms with E-state index in [9.17, 15) is 0 Å². The molecule has 13 heavy (non-hydrogen) atoms. The van der Waals surface area contributed by atoms with Gasteiger partial charge in [0, 0.05) is 26.0 Å². The van der Waals surface area contributed by atoms with Crippen molar-refractivity contribution in [2.24, 2.45) is 0 Å². The molecule has 0 aromatic carbocycles. The number of nitrogens with zero attached hydrogens (tertiary/aromatic N) is 2. The molecule has 0 aromatic rings. The van der Waals surface area contributed by atoms with Crippen LogP contribution in [0.15, 0.2) is 12.4 Å². The van der Waals surface area contributed by atoms with Gasteiger partial charge in [0.05, 0.1) is 6.17 Å². The molecule has 1 unspecified atom stereocenters. The SMILES string of the molecule is CCN1C=CN(C)C1C.O=C(O)O. The lowest BCUT2D eigenvalue weighted by Crippen LogP contribution is -2.33. The van der Waals surface area contributed by atoms with Crippen molar-refractivity contribution in [1.82, 2.24) is 9.80 Å². The van der Waals surface area contributed by atoms with Crippen molar-refractivity contribution < 1.29 is 15.0 Å². The number of hydrogen-bond acceptors (Lipinski definition) is 3. The van der Waals surface area contributed by atoms with Crippen LogP contribution in [0.5, 0.6) is 0 Å². The van der Waals surface area contributed by atoms with Crippen LogP contribution in [-0.4, -0.2) is 45.9 Å². The highest BCUT2D eigenvalue weighted by Gasteiger charge is 2.15. The summed E-state index contributed by atoms with van der Waals surface area (Å²) in [5, 5.41) is 13.9. The maximum atomic E-state index is 8.56. The minimum atomic E-state index is -1.83. The zero-order chi connectivity index (χ0) is 10.4. The molecule has 5 heteroatoms. The molecule has 1 rings (SSSR count). The summed E-state index contributed by atoms with van der Waals surface area (Å²) < 4.78 is 0. The van der Waals surface area contributed by atoms with Crippen LogP contribution < -0.4 is 0 Å².